The fraction of sp³-hybridized carbons (Fsp3) is 0.333. The number of nitrogens with one attached hydrogen (secondary N) is 2. The summed E-state index contributed by atoms with van der Waals surface area (Å²) in [4.78, 5) is 8.82. The van der Waals surface area contributed by atoms with Crippen LogP contribution in [0.5, 0.6) is 5.75 Å². The van der Waals surface area contributed by atoms with Gasteiger partial charge in [-0.05, 0) is 38.5 Å². The van der Waals surface area contributed by atoms with Gasteiger partial charge in [-0.1, -0.05) is 42.5 Å². The Morgan fingerprint density at radius 3 is 2.62 bits per heavy atom. The van der Waals surface area contributed by atoms with Crippen molar-refractivity contribution in [2.24, 2.45) is 4.99 Å². The maximum atomic E-state index is 10.6. The molecule has 32 heavy (non-hydrogen) atoms. The smallest absolute Gasteiger partial charge is 0.216 e. The summed E-state index contributed by atoms with van der Waals surface area (Å²) in [5, 5.41) is 16.9. The van der Waals surface area contributed by atoms with Gasteiger partial charge in [0.15, 0.2) is 11.7 Å². The van der Waals surface area contributed by atoms with Gasteiger partial charge in [0.05, 0.1) is 18.4 Å². The summed E-state index contributed by atoms with van der Waals surface area (Å²) < 4.78 is 11.5. The Morgan fingerprint density at radius 1 is 1.12 bits per heavy atom. The monoisotopic (exact) mass is 550 g/mol. The first kappa shape index (κ1) is 25.7. The third kappa shape index (κ3) is 7.83. The van der Waals surface area contributed by atoms with Crippen molar-refractivity contribution in [3.63, 3.8) is 0 Å². The second-order valence-corrected chi connectivity index (χ2v) is 7.32. The van der Waals surface area contributed by atoms with Crippen LogP contribution >= 0.6 is 24.0 Å². The van der Waals surface area contributed by atoms with E-state index >= 15 is 0 Å². The van der Waals surface area contributed by atoms with Gasteiger partial charge in [0.25, 0.3) is 0 Å². The maximum absolute atomic E-state index is 10.6. The number of guanidine groups is 1. The molecule has 1 aromatic heterocycles. The van der Waals surface area contributed by atoms with Gasteiger partial charge in [-0.3, -0.25) is 0 Å². The van der Waals surface area contributed by atoms with Gasteiger partial charge >= 0.3 is 0 Å². The number of benzene rings is 2. The molecule has 0 fully saturated rings. The third-order valence-corrected chi connectivity index (χ3v) is 4.41. The highest BCUT2D eigenvalue weighted by atomic mass is 127. The first-order valence-corrected chi connectivity index (χ1v) is 10.5. The van der Waals surface area contributed by atoms with Crippen molar-refractivity contribution in [2.45, 2.75) is 39.5 Å². The number of oxazole rings is 1. The molecular weight excluding hydrogens is 519 g/mol. The minimum atomic E-state index is -0.703. The molecule has 1 heterocycles. The number of hydrogen-bond donors (Lipinski definition) is 3. The quantitative estimate of drug-likeness (QED) is 0.206. The zero-order valence-corrected chi connectivity index (χ0v) is 20.9. The summed E-state index contributed by atoms with van der Waals surface area (Å²) in [7, 11) is 0. The first-order valence-electron chi connectivity index (χ1n) is 10.5. The molecule has 0 spiro atoms. The molecular formula is C24H31IN4O3. The summed E-state index contributed by atoms with van der Waals surface area (Å²) in [5.74, 6) is 2.55. The number of aliphatic hydroxyl groups is 1. The van der Waals surface area contributed by atoms with Crippen molar-refractivity contribution in [3.05, 3.63) is 72.2 Å². The Morgan fingerprint density at radius 2 is 1.91 bits per heavy atom. The van der Waals surface area contributed by atoms with Crippen LogP contribution in [0.25, 0.3) is 11.3 Å². The number of ether oxygens (including phenoxy) is 1. The number of rotatable bonds is 9. The average Bonchev–Trinajstić information content (AvgIpc) is 3.25. The van der Waals surface area contributed by atoms with Crippen molar-refractivity contribution in [1.29, 1.82) is 0 Å². The van der Waals surface area contributed by atoms with Crippen LogP contribution in [-0.2, 0) is 6.54 Å². The Hall–Kier alpha value is -2.59. The van der Waals surface area contributed by atoms with Gasteiger partial charge < -0.3 is 24.9 Å². The topological polar surface area (TPSA) is 91.9 Å². The van der Waals surface area contributed by atoms with E-state index in [1.54, 1.807) is 6.20 Å². The number of aliphatic hydroxyl groups excluding tert-OH is 1. The molecule has 0 aliphatic rings. The molecule has 2 aromatic carbocycles. The average molecular weight is 550 g/mol. The molecule has 8 heteroatoms. The van der Waals surface area contributed by atoms with Crippen LogP contribution in [0.2, 0.25) is 0 Å². The van der Waals surface area contributed by atoms with Crippen LogP contribution in [-0.4, -0.2) is 35.2 Å². The van der Waals surface area contributed by atoms with E-state index in [1.807, 2.05) is 75.4 Å². The van der Waals surface area contributed by atoms with Gasteiger partial charge in [-0.15, -0.1) is 24.0 Å². The van der Waals surface area contributed by atoms with Crippen molar-refractivity contribution in [1.82, 2.24) is 15.6 Å². The van der Waals surface area contributed by atoms with Gasteiger partial charge in [-0.25, -0.2) is 9.98 Å². The molecule has 3 rings (SSSR count). The molecule has 0 saturated carbocycles. The summed E-state index contributed by atoms with van der Waals surface area (Å²) in [5.41, 5.74) is 1.75. The number of halogens is 1. The van der Waals surface area contributed by atoms with E-state index in [0.717, 1.165) is 16.9 Å². The predicted octanol–water partition coefficient (Wildman–Crippen LogP) is 4.54. The van der Waals surface area contributed by atoms with E-state index in [4.69, 9.17) is 9.15 Å². The molecule has 1 unspecified atom stereocenters. The van der Waals surface area contributed by atoms with E-state index in [2.05, 4.69) is 20.6 Å². The van der Waals surface area contributed by atoms with Gasteiger partial charge in [0.1, 0.15) is 12.3 Å². The minimum absolute atomic E-state index is 0. The molecule has 3 aromatic rings. The SMILES string of the molecule is CCNC(=NCc1ncc(-c2ccccc2)o1)NCC(O)c1cccc(OC(C)C)c1.I. The summed E-state index contributed by atoms with van der Waals surface area (Å²) in [6, 6.07) is 17.3. The minimum Gasteiger partial charge on any atom is -0.491 e. The number of aromatic nitrogens is 1. The van der Waals surface area contributed by atoms with Crippen LogP contribution in [0.3, 0.4) is 0 Å². The summed E-state index contributed by atoms with van der Waals surface area (Å²) in [6.45, 7) is 7.22. The van der Waals surface area contributed by atoms with E-state index in [1.165, 1.54) is 0 Å². The van der Waals surface area contributed by atoms with E-state index in [9.17, 15) is 5.11 Å². The fourth-order valence-corrected chi connectivity index (χ4v) is 2.99. The molecule has 0 aliphatic carbocycles. The Kier molecular flexibility index (Phi) is 10.5. The van der Waals surface area contributed by atoms with Gasteiger partial charge in [0.2, 0.25) is 5.89 Å². The highest BCUT2D eigenvalue weighted by Crippen LogP contribution is 2.21. The largest absolute Gasteiger partial charge is 0.491 e. The van der Waals surface area contributed by atoms with Crippen LogP contribution in [0.1, 0.15) is 38.3 Å². The zero-order valence-electron chi connectivity index (χ0n) is 18.6. The normalized spacial score (nSPS) is 12.2. The Balaban J connectivity index is 0.00000363. The Labute approximate surface area is 206 Å². The molecule has 7 nitrogen and oxygen atoms in total. The van der Waals surface area contributed by atoms with E-state index in [0.29, 0.717) is 30.7 Å². The Bertz CT molecular complexity index is 976. The van der Waals surface area contributed by atoms with Crippen molar-refractivity contribution < 1.29 is 14.3 Å². The van der Waals surface area contributed by atoms with E-state index < -0.39 is 6.10 Å². The first-order chi connectivity index (χ1) is 15.0. The second-order valence-electron chi connectivity index (χ2n) is 7.32. The highest BCUT2D eigenvalue weighted by Gasteiger charge is 2.11. The molecule has 172 valence electrons. The summed E-state index contributed by atoms with van der Waals surface area (Å²) in [6.07, 6.45) is 1.08. The number of nitrogens with zero attached hydrogens (tertiary/aromatic N) is 2. The van der Waals surface area contributed by atoms with Crippen molar-refractivity contribution in [2.75, 3.05) is 13.1 Å². The predicted molar refractivity (Wildman–Crippen MR) is 137 cm³/mol. The van der Waals surface area contributed by atoms with Crippen molar-refractivity contribution >= 4 is 29.9 Å². The molecule has 1 atom stereocenters. The van der Waals surface area contributed by atoms with Crippen molar-refractivity contribution in [3.8, 4) is 17.1 Å². The molecule has 0 radical (unpaired) electrons. The summed E-state index contributed by atoms with van der Waals surface area (Å²) >= 11 is 0. The second kappa shape index (κ2) is 13.1. The van der Waals surface area contributed by atoms with Crippen LogP contribution in [0.4, 0.5) is 0 Å². The molecule has 0 bridgehead atoms. The molecule has 0 amide bonds. The lowest BCUT2D eigenvalue weighted by Gasteiger charge is -2.17. The number of hydrogen-bond acceptors (Lipinski definition) is 5. The molecule has 3 N–H and O–H groups in total. The lowest BCUT2D eigenvalue weighted by atomic mass is 10.1. The van der Waals surface area contributed by atoms with Crippen LogP contribution < -0.4 is 15.4 Å². The lowest BCUT2D eigenvalue weighted by molar-refractivity contribution is 0.179. The highest BCUT2D eigenvalue weighted by molar-refractivity contribution is 14.0. The fourth-order valence-electron chi connectivity index (χ4n) is 2.99. The van der Waals surface area contributed by atoms with Gasteiger partial charge in [-0.2, -0.15) is 0 Å². The zero-order chi connectivity index (χ0) is 22.1. The molecule has 0 saturated heterocycles. The number of aliphatic imine (C=N–C) groups is 1. The lowest BCUT2D eigenvalue weighted by Crippen LogP contribution is -2.39. The van der Waals surface area contributed by atoms with Gasteiger partial charge in [0, 0.05) is 18.7 Å². The third-order valence-electron chi connectivity index (χ3n) is 4.41. The standard InChI is InChI=1S/C24H30N4O3.HI/c1-4-25-24(27-14-21(29)19-11-8-12-20(13-19)30-17(2)3)28-16-23-26-15-22(31-23)18-9-6-5-7-10-18;/h5-13,15,17,21,29H,4,14,16H2,1-3H3,(H2,25,27,28);1H. The van der Waals surface area contributed by atoms with E-state index in [-0.39, 0.29) is 36.6 Å². The van der Waals surface area contributed by atoms with Crippen LogP contribution in [0, 0.1) is 0 Å². The maximum Gasteiger partial charge on any atom is 0.216 e. The molecule has 0 aliphatic heterocycles. The van der Waals surface area contributed by atoms with Crippen LogP contribution in [0.15, 0.2) is 70.2 Å².